The molecule has 0 bridgehead atoms. The van der Waals surface area contributed by atoms with Gasteiger partial charge in [-0.1, -0.05) is 25.9 Å². The Morgan fingerprint density at radius 2 is 2.21 bits per heavy atom. The van der Waals surface area contributed by atoms with Crippen LogP contribution in [0.25, 0.3) is 10.8 Å². The van der Waals surface area contributed by atoms with Gasteiger partial charge in [-0.15, -0.1) is 11.3 Å². The van der Waals surface area contributed by atoms with Gasteiger partial charge in [0.1, 0.15) is 11.0 Å². The minimum Gasteiger partial charge on any atom is -0.397 e. The van der Waals surface area contributed by atoms with E-state index in [9.17, 15) is 0 Å². The number of hydrogen-bond donors (Lipinski definition) is 1. The van der Waals surface area contributed by atoms with Crippen LogP contribution in [-0.2, 0) is 4.74 Å². The van der Waals surface area contributed by atoms with Crippen LogP contribution in [0.3, 0.4) is 0 Å². The van der Waals surface area contributed by atoms with Crippen molar-refractivity contribution in [3.8, 4) is 10.8 Å². The summed E-state index contributed by atoms with van der Waals surface area (Å²) in [5.41, 5.74) is 6.41. The highest BCUT2D eigenvalue weighted by molar-refractivity contribution is 7.14. The largest absolute Gasteiger partial charge is 0.397 e. The van der Waals surface area contributed by atoms with Crippen molar-refractivity contribution >= 4 is 17.0 Å². The predicted molar refractivity (Wildman–Crippen MR) is 75.8 cm³/mol. The average molecular weight is 281 g/mol. The van der Waals surface area contributed by atoms with Gasteiger partial charge in [-0.2, -0.15) is 4.98 Å². The van der Waals surface area contributed by atoms with E-state index in [2.05, 4.69) is 30.9 Å². The van der Waals surface area contributed by atoms with Gasteiger partial charge in [0.25, 0.3) is 5.89 Å². The van der Waals surface area contributed by atoms with Crippen LogP contribution in [0.4, 0.5) is 5.69 Å². The summed E-state index contributed by atoms with van der Waals surface area (Å²) in [7, 11) is 0. The highest BCUT2D eigenvalue weighted by Crippen LogP contribution is 2.36. The Morgan fingerprint density at radius 1 is 1.47 bits per heavy atom. The monoisotopic (exact) mass is 281 g/mol. The number of thiophene rings is 1. The fraction of sp³-hybridized carbons (Fsp3) is 0.538. The number of hydrogen-bond acceptors (Lipinski definition) is 6. The molecule has 19 heavy (non-hydrogen) atoms. The van der Waals surface area contributed by atoms with E-state index in [-0.39, 0.29) is 11.5 Å². The van der Waals surface area contributed by atoms with Crippen LogP contribution in [0.2, 0.25) is 0 Å². The number of rotatable bonds is 4. The van der Waals surface area contributed by atoms with E-state index in [0.29, 0.717) is 24.0 Å². The van der Waals surface area contributed by atoms with Crippen molar-refractivity contribution in [1.82, 2.24) is 10.1 Å². The van der Waals surface area contributed by atoms with Crippen LogP contribution in [0, 0.1) is 5.41 Å². The van der Waals surface area contributed by atoms with Crippen molar-refractivity contribution in [1.29, 1.82) is 0 Å². The summed E-state index contributed by atoms with van der Waals surface area (Å²) in [5.74, 6) is 1.02. The second-order valence-corrected chi connectivity index (χ2v) is 6.28. The fourth-order valence-corrected chi connectivity index (χ4v) is 2.54. The quantitative estimate of drug-likeness (QED) is 0.928. The van der Waals surface area contributed by atoms with Gasteiger partial charge in [-0.05, 0) is 23.8 Å². The first kappa shape index (κ1) is 14.0. The summed E-state index contributed by atoms with van der Waals surface area (Å²) in [6.45, 7) is 8.82. The van der Waals surface area contributed by atoms with Crippen molar-refractivity contribution in [3.63, 3.8) is 0 Å². The summed E-state index contributed by atoms with van der Waals surface area (Å²) < 4.78 is 11.0. The Hall–Kier alpha value is -1.40. The van der Waals surface area contributed by atoms with Crippen LogP contribution in [0.5, 0.6) is 0 Å². The second kappa shape index (κ2) is 5.30. The first-order valence-corrected chi connectivity index (χ1v) is 7.10. The summed E-state index contributed by atoms with van der Waals surface area (Å²) in [4.78, 5) is 5.23. The van der Waals surface area contributed by atoms with Gasteiger partial charge in [0.05, 0.1) is 5.69 Å². The van der Waals surface area contributed by atoms with Gasteiger partial charge < -0.3 is 15.0 Å². The lowest BCUT2D eigenvalue weighted by Crippen LogP contribution is -2.22. The Balaban J connectivity index is 2.32. The van der Waals surface area contributed by atoms with Crippen LogP contribution < -0.4 is 5.73 Å². The van der Waals surface area contributed by atoms with E-state index < -0.39 is 0 Å². The van der Waals surface area contributed by atoms with E-state index >= 15 is 0 Å². The minimum absolute atomic E-state index is 0.0991. The molecule has 0 amide bonds. The van der Waals surface area contributed by atoms with Crippen LogP contribution in [0.15, 0.2) is 16.0 Å². The van der Waals surface area contributed by atoms with Gasteiger partial charge in [-0.25, -0.2) is 0 Å². The Morgan fingerprint density at radius 3 is 2.74 bits per heavy atom. The predicted octanol–water partition coefficient (Wildman–Crippen LogP) is 3.50. The number of nitrogen functional groups attached to an aromatic ring is 1. The Bertz CT molecular complexity index is 542. The van der Waals surface area contributed by atoms with Crippen molar-refractivity contribution in [2.24, 2.45) is 5.41 Å². The molecule has 2 heterocycles. The lowest BCUT2D eigenvalue weighted by atomic mass is 9.88. The van der Waals surface area contributed by atoms with Crippen molar-refractivity contribution < 1.29 is 9.26 Å². The molecular formula is C13H19N3O2S. The highest BCUT2D eigenvalue weighted by Gasteiger charge is 2.31. The molecule has 2 rings (SSSR count). The molecule has 1 atom stereocenters. The molecular weight excluding hydrogens is 262 g/mol. The summed E-state index contributed by atoms with van der Waals surface area (Å²) in [5, 5.41) is 5.94. The number of aromatic nitrogens is 2. The van der Waals surface area contributed by atoms with E-state index in [1.54, 1.807) is 0 Å². The second-order valence-electron chi connectivity index (χ2n) is 5.36. The van der Waals surface area contributed by atoms with E-state index in [1.807, 2.05) is 18.4 Å². The lowest BCUT2D eigenvalue weighted by molar-refractivity contribution is -0.0203. The van der Waals surface area contributed by atoms with Crippen molar-refractivity contribution in [3.05, 3.63) is 17.3 Å². The molecule has 2 aromatic heterocycles. The fourth-order valence-electron chi connectivity index (χ4n) is 1.81. The number of nitrogens with zero attached hydrogens (tertiary/aromatic N) is 2. The van der Waals surface area contributed by atoms with Crippen LogP contribution in [0.1, 0.15) is 39.6 Å². The third-order valence-electron chi connectivity index (χ3n) is 2.69. The zero-order valence-corrected chi connectivity index (χ0v) is 12.5. The van der Waals surface area contributed by atoms with Crippen molar-refractivity contribution in [2.45, 2.75) is 33.8 Å². The van der Waals surface area contributed by atoms with Gasteiger partial charge in [0.2, 0.25) is 5.82 Å². The van der Waals surface area contributed by atoms with Gasteiger partial charge >= 0.3 is 0 Å². The SMILES string of the molecule is CCOC(c1noc(-c2sccc2N)n1)C(C)(C)C. The molecule has 0 spiro atoms. The van der Waals surface area contributed by atoms with Gasteiger partial charge in [-0.3, -0.25) is 0 Å². The average Bonchev–Trinajstić information content (AvgIpc) is 2.92. The highest BCUT2D eigenvalue weighted by atomic mass is 32.1. The molecule has 0 aliphatic rings. The van der Waals surface area contributed by atoms with Crippen molar-refractivity contribution in [2.75, 3.05) is 12.3 Å². The maximum absolute atomic E-state index is 5.85. The van der Waals surface area contributed by atoms with Crippen LogP contribution in [-0.4, -0.2) is 16.7 Å². The molecule has 104 valence electrons. The molecule has 0 saturated heterocycles. The molecule has 0 aliphatic carbocycles. The van der Waals surface area contributed by atoms with Gasteiger partial charge in [0, 0.05) is 6.61 Å². The standard InChI is InChI=1S/C13H19N3O2S/c1-5-17-10(13(2,3)4)11-15-12(18-16-11)9-8(14)6-7-19-9/h6-7,10H,5,14H2,1-4H3. The molecule has 0 aromatic carbocycles. The van der Waals surface area contributed by atoms with E-state index in [0.717, 1.165) is 4.88 Å². The van der Waals surface area contributed by atoms with Crippen LogP contribution >= 0.6 is 11.3 Å². The summed E-state index contributed by atoms with van der Waals surface area (Å²) in [6, 6.07) is 1.83. The number of nitrogens with two attached hydrogens (primary N) is 1. The molecule has 2 N–H and O–H groups in total. The molecule has 2 aromatic rings. The third kappa shape index (κ3) is 2.96. The molecule has 0 fully saturated rings. The smallest absolute Gasteiger partial charge is 0.270 e. The Kier molecular flexibility index (Phi) is 3.91. The molecule has 5 nitrogen and oxygen atoms in total. The maximum Gasteiger partial charge on any atom is 0.270 e. The zero-order valence-electron chi connectivity index (χ0n) is 11.6. The molecule has 0 saturated carbocycles. The summed E-state index contributed by atoms with van der Waals surface area (Å²) >= 11 is 1.49. The topological polar surface area (TPSA) is 74.2 Å². The Labute approximate surface area is 116 Å². The number of anilines is 1. The molecule has 6 heteroatoms. The minimum atomic E-state index is -0.198. The molecule has 0 radical (unpaired) electrons. The molecule has 0 aliphatic heterocycles. The lowest BCUT2D eigenvalue weighted by Gasteiger charge is -2.27. The van der Waals surface area contributed by atoms with Gasteiger partial charge in [0.15, 0.2) is 0 Å². The van der Waals surface area contributed by atoms with E-state index in [4.69, 9.17) is 15.0 Å². The maximum atomic E-state index is 5.85. The molecule has 1 unspecified atom stereocenters. The zero-order chi connectivity index (χ0) is 14.0. The number of ether oxygens (including phenoxy) is 1. The normalized spacial score (nSPS) is 13.7. The van der Waals surface area contributed by atoms with E-state index in [1.165, 1.54) is 11.3 Å². The summed E-state index contributed by atoms with van der Waals surface area (Å²) in [6.07, 6.45) is -0.198. The first-order valence-electron chi connectivity index (χ1n) is 6.22. The third-order valence-corrected chi connectivity index (χ3v) is 3.60. The first-order chi connectivity index (χ1) is 8.93.